The second-order valence-electron chi connectivity index (χ2n) is 3.84. The maximum atomic E-state index is 10.2. The lowest BCUT2D eigenvalue weighted by atomic mass is 10.0. The zero-order chi connectivity index (χ0) is 13.3. The molecular formula is C12H14ClN3O2. The van der Waals surface area contributed by atoms with Crippen molar-refractivity contribution < 1.29 is 9.84 Å². The fraction of sp³-hybridized carbons (Fsp3) is 0.250. The van der Waals surface area contributed by atoms with E-state index in [1.165, 1.54) is 7.11 Å². The first-order valence-electron chi connectivity index (χ1n) is 5.48. The first-order chi connectivity index (χ1) is 8.58. The highest BCUT2D eigenvalue weighted by Crippen LogP contribution is 2.44. The molecular weight excluding hydrogens is 254 g/mol. The van der Waals surface area contributed by atoms with E-state index in [1.54, 1.807) is 12.1 Å². The quantitative estimate of drug-likeness (QED) is 0.798. The van der Waals surface area contributed by atoms with Gasteiger partial charge in [-0.2, -0.15) is 5.10 Å². The Hall–Kier alpha value is -1.88. The molecule has 0 bridgehead atoms. The van der Waals surface area contributed by atoms with Gasteiger partial charge >= 0.3 is 0 Å². The molecule has 2 aromatic rings. The molecule has 1 aromatic carbocycles. The number of nitrogen functional groups attached to an aromatic ring is 1. The average molecular weight is 268 g/mol. The number of phenolic OH excluding ortho intramolecular Hbond substituents is 1. The number of rotatable bonds is 3. The number of aromatic amines is 1. The number of methoxy groups -OCH3 is 1. The highest BCUT2D eigenvalue weighted by Gasteiger charge is 2.19. The molecule has 0 unspecified atom stereocenters. The number of aromatic hydroxyl groups is 1. The number of phenols is 1. The van der Waals surface area contributed by atoms with E-state index in [-0.39, 0.29) is 5.75 Å². The molecule has 2 rings (SSSR count). The van der Waals surface area contributed by atoms with Gasteiger partial charge in [0, 0.05) is 6.07 Å². The number of nitrogens with zero attached hydrogens (tertiary/aromatic N) is 1. The number of aromatic nitrogens is 2. The lowest BCUT2D eigenvalue weighted by Crippen LogP contribution is -1.93. The van der Waals surface area contributed by atoms with Crippen LogP contribution in [0.1, 0.15) is 12.5 Å². The summed E-state index contributed by atoms with van der Waals surface area (Å²) in [5.41, 5.74) is 7.46. The third-order valence-corrected chi connectivity index (χ3v) is 3.18. The summed E-state index contributed by atoms with van der Waals surface area (Å²) in [6.07, 6.45) is 0.728. The Kier molecular flexibility index (Phi) is 3.34. The van der Waals surface area contributed by atoms with Crippen molar-refractivity contribution >= 4 is 17.4 Å². The van der Waals surface area contributed by atoms with E-state index < -0.39 is 0 Å². The van der Waals surface area contributed by atoms with Crippen molar-refractivity contribution in [2.24, 2.45) is 0 Å². The smallest absolute Gasteiger partial charge is 0.168 e. The fourth-order valence-corrected chi connectivity index (χ4v) is 2.18. The minimum absolute atomic E-state index is 0.0247. The predicted octanol–water partition coefficient (Wildman–Crippen LogP) is 2.59. The molecule has 0 saturated carbocycles. The number of nitrogens with one attached hydrogen (secondary N) is 1. The van der Waals surface area contributed by atoms with Gasteiger partial charge in [-0.25, -0.2) is 0 Å². The van der Waals surface area contributed by atoms with E-state index in [0.29, 0.717) is 27.8 Å². The van der Waals surface area contributed by atoms with Crippen LogP contribution in [0.2, 0.25) is 5.02 Å². The zero-order valence-electron chi connectivity index (χ0n) is 10.1. The minimum atomic E-state index is -0.0247. The summed E-state index contributed by atoms with van der Waals surface area (Å²) in [5, 5.41) is 17.2. The second-order valence-corrected chi connectivity index (χ2v) is 4.21. The van der Waals surface area contributed by atoms with Gasteiger partial charge in [0.25, 0.3) is 0 Å². The summed E-state index contributed by atoms with van der Waals surface area (Å²) in [6.45, 7) is 1.97. The topological polar surface area (TPSA) is 84.2 Å². The molecule has 0 aliphatic heterocycles. The highest BCUT2D eigenvalue weighted by atomic mass is 35.5. The molecule has 18 heavy (non-hydrogen) atoms. The van der Waals surface area contributed by atoms with Crippen LogP contribution < -0.4 is 10.5 Å². The van der Waals surface area contributed by atoms with Gasteiger partial charge in [-0.15, -0.1) is 0 Å². The van der Waals surface area contributed by atoms with Crippen molar-refractivity contribution in [1.82, 2.24) is 10.2 Å². The molecule has 0 aliphatic carbocycles. The van der Waals surface area contributed by atoms with E-state index in [9.17, 15) is 5.11 Å². The molecule has 0 spiro atoms. The third-order valence-electron chi connectivity index (χ3n) is 2.74. The molecule has 1 heterocycles. The number of hydrogen-bond donors (Lipinski definition) is 3. The number of nitrogens with two attached hydrogens (primary N) is 1. The van der Waals surface area contributed by atoms with Crippen molar-refractivity contribution in [2.75, 3.05) is 12.8 Å². The Labute approximate surface area is 110 Å². The van der Waals surface area contributed by atoms with Crippen LogP contribution in [-0.2, 0) is 6.42 Å². The van der Waals surface area contributed by atoms with Crippen LogP contribution in [-0.4, -0.2) is 22.4 Å². The molecule has 0 atom stereocenters. The van der Waals surface area contributed by atoms with Gasteiger partial charge in [-0.3, -0.25) is 5.10 Å². The number of ether oxygens (including phenoxy) is 1. The molecule has 5 nitrogen and oxygen atoms in total. The molecule has 0 saturated heterocycles. The summed E-state index contributed by atoms with van der Waals surface area (Å²) in [7, 11) is 1.49. The highest BCUT2D eigenvalue weighted by molar-refractivity contribution is 6.34. The van der Waals surface area contributed by atoms with Gasteiger partial charge in [-0.1, -0.05) is 18.5 Å². The van der Waals surface area contributed by atoms with Gasteiger partial charge in [0.1, 0.15) is 5.82 Å². The molecule has 0 amide bonds. The van der Waals surface area contributed by atoms with Gasteiger partial charge < -0.3 is 15.6 Å². The second kappa shape index (κ2) is 4.78. The average Bonchev–Trinajstić information content (AvgIpc) is 2.76. The first-order valence-corrected chi connectivity index (χ1v) is 5.85. The maximum absolute atomic E-state index is 10.2. The summed E-state index contributed by atoms with van der Waals surface area (Å²) < 4.78 is 5.14. The lowest BCUT2D eigenvalue weighted by Gasteiger charge is -2.13. The van der Waals surface area contributed by atoms with Crippen molar-refractivity contribution in [3.05, 3.63) is 22.7 Å². The van der Waals surface area contributed by atoms with Gasteiger partial charge in [0.2, 0.25) is 0 Å². The molecule has 0 aliphatic rings. The Bertz CT molecular complexity index is 553. The number of H-pyrrole nitrogens is 1. The number of benzene rings is 1. The molecule has 4 N–H and O–H groups in total. The van der Waals surface area contributed by atoms with Gasteiger partial charge in [-0.05, 0) is 18.1 Å². The van der Waals surface area contributed by atoms with E-state index >= 15 is 0 Å². The lowest BCUT2D eigenvalue weighted by molar-refractivity contribution is 0.374. The van der Waals surface area contributed by atoms with Crippen LogP contribution in [0.15, 0.2) is 12.1 Å². The Morgan fingerprint density at radius 2 is 2.22 bits per heavy atom. The van der Waals surface area contributed by atoms with Crippen LogP contribution in [0.5, 0.6) is 11.5 Å². The number of hydrogen-bond acceptors (Lipinski definition) is 4. The van der Waals surface area contributed by atoms with Crippen LogP contribution in [0, 0.1) is 0 Å². The summed E-state index contributed by atoms with van der Waals surface area (Å²) in [4.78, 5) is 0. The van der Waals surface area contributed by atoms with Crippen LogP contribution >= 0.6 is 11.6 Å². The first kappa shape index (κ1) is 12.6. The Morgan fingerprint density at radius 3 is 2.72 bits per heavy atom. The van der Waals surface area contributed by atoms with Crippen LogP contribution in [0.4, 0.5) is 5.82 Å². The molecule has 0 fully saturated rings. The number of aryl methyl sites for hydroxylation is 1. The monoisotopic (exact) mass is 267 g/mol. The molecule has 96 valence electrons. The molecule has 6 heteroatoms. The van der Waals surface area contributed by atoms with E-state index in [1.807, 2.05) is 6.92 Å². The third kappa shape index (κ3) is 1.97. The number of anilines is 1. The summed E-state index contributed by atoms with van der Waals surface area (Å²) >= 11 is 6.28. The van der Waals surface area contributed by atoms with Crippen molar-refractivity contribution in [2.45, 2.75) is 13.3 Å². The normalized spacial score (nSPS) is 10.6. The van der Waals surface area contributed by atoms with Crippen molar-refractivity contribution in [3.8, 4) is 22.8 Å². The van der Waals surface area contributed by atoms with Gasteiger partial charge in [0.15, 0.2) is 11.5 Å². The fourth-order valence-electron chi connectivity index (χ4n) is 1.80. The summed E-state index contributed by atoms with van der Waals surface area (Å²) in [6, 6.07) is 3.33. The van der Waals surface area contributed by atoms with Crippen molar-refractivity contribution in [1.29, 1.82) is 0 Å². The van der Waals surface area contributed by atoms with E-state index in [0.717, 1.165) is 12.0 Å². The number of halogens is 1. The predicted molar refractivity (Wildman–Crippen MR) is 71.0 cm³/mol. The van der Waals surface area contributed by atoms with Crippen LogP contribution in [0.25, 0.3) is 11.3 Å². The standard InChI is InChI=1S/C12H14ClN3O2/c1-3-6-4-8(18-2)12(17)10(11(6)13)7-5-9(14)16-15-7/h4-5,17H,3H2,1-2H3,(H3,14,15,16). The van der Waals surface area contributed by atoms with Crippen LogP contribution in [0.3, 0.4) is 0 Å². The van der Waals surface area contributed by atoms with Crippen molar-refractivity contribution in [3.63, 3.8) is 0 Å². The van der Waals surface area contributed by atoms with E-state index in [2.05, 4.69) is 10.2 Å². The van der Waals surface area contributed by atoms with E-state index in [4.69, 9.17) is 22.1 Å². The van der Waals surface area contributed by atoms with Gasteiger partial charge in [0.05, 0.1) is 23.4 Å². The summed E-state index contributed by atoms with van der Waals surface area (Å²) in [5.74, 6) is 0.684. The zero-order valence-corrected chi connectivity index (χ0v) is 10.9. The minimum Gasteiger partial charge on any atom is -0.504 e. The maximum Gasteiger partial charge on any atom is 0.168 e. The molecule has 0 radical (unpaired) electrons. The SMILES string of the molecule is CCc1cc(OC)c(O)c(-c2cc(N)n[nH]2)c1Cl. The largest absolute Gasteiger partial charge is 0.504 e. The Morgan fingerprint density at radius 1 is 1.50 bits per heavy atom. The Balaban J connectivity index is 2.71. The molecule has 1 aromatic heterocycles.